The van der Waals surface area contributed by atoms with Crippen molar-refractivity contribution < 1.29 is 14.7 Å². The number of thiazole rings is 1. The number of aliphatic hydroxyl groups is 1. The standard InChI is InChI=1S/C19H13N3O3S/c23-16(13-6-8-20-9-7-13)14-15(12-4-2-1-3-5-12)22(18(25)17(14)24)19-21-10-11-26-19/h1-11,15,23H. The van der Waals surface area contributed by atoms with Crippen molar-refractivity contribution in [1.82, 2.24) is 9.97 Å². The molecule has 3 aromatic rings. The van der Waals surface area contributed by atoms with Gasteiger partial charge in [0.05, 0.1) is 11.6 Å². The second kappa shape index (κ2) is 6.53. The molecule has 3 heterocycles. The molecule has 7 heteroatoms. The Morgan fingerprint density at radius 2 is 1.77 bits per heavy atom. The van der Waals surface area contributed by atoms with Gasteiger partial charge in [-0.3, -0.25) is 19.5 Å². The number of aromatic nitrogens is 2. The zero-order chi connectivity index (χ0) is 18.1. The maximum absolute atomic E-state index is 12.8. The van der Waals surface area contributed by atoms with Crippen LogP contribution in [0.25, 0.3) is 5.76 Å². The van der Waals surface area contributed by atoms with Crippen LogP contribution in [0.15, 0.2) is 72.0 Å². The summed E-state index contributed by atoms with van der Waals surface area (Å²) in [5, 5.41) is 12.9. The van der Waals surface area contributed by atoms with Gasteiger partial charge in [0.25, 0.3) is 5.78 Å². The predicted octanol–water partition coefficient (Wildman–Crippen LogP) is 3.16. The summed E-state index contributed by atoms with van der Waals surface area (Å²) < 4.78 is 0. The number of pyridine rings is 1. The van der Waals surface area contributed by atoms with E-state index in [9.17, 15) is 14.7 Å². The zero-order valence-electron chi connectivity index (χ0n) is 13.4. The smallest absolute Gasteiger partial charge is 0.301 e. The summed E-state index contributed by atoms with van der Waals surface area (Å²) in [5.41, 5.74) is 1.19. The van der Waals surface area contributed by atoms with Crippen LogP contribution in [-0.2, 0) is 9.59 Å². The van der Waals surface area contributed by atoms with E-state index in [0.717, 1.165) is 5.56 Å². The lowest BCUT2D eigenvalue weighted by Crippen LogP contribution is -2.29. The molecule has 1 amide bonds. The average molecular weight is 363 g/mol. The summed E-state index contributed by atoms with van der Waals surface area (Å²) >= 11 is 1.26. The molecule has 4 rings (SSSR count). The third kappa shape index (κ3) is 2.58. The van der Waals surface area contributed by atoms with E-state index in [1.807, 2.05) is 30.3 Å². The van der Waals surface area contributed by atoms with Crippen molar-refractivity contribution >= 4 is 33.9 Å². The van der Waals surface area contributed by atoms with E-state index in [4.69, 9.17) is 0 Å². The van der Waals surface area contributed by atoms with Crippen LogP contribution in [0, 0.1) is 0 Å². The van der Waals surface area contributed by atoms with Crippen molar-refractivity contribution in [3.63, 3.8) is 0 Å². The first-order chi connectivity index (χ1) is 12.7. The molecule has 6 nitrogen and oxygen atoms in total. The molecular formula is C19H13N3O3S. The molecule has 128 valence electrons. The number of aliphatic hydroxyl groups excluding tert-OH is 1. The minimum absolute atomic E-state index is 0.0441. The molecule has 1 aromatic carbocycles. The Balaban J connectivity index is 1.95. The number of carbonyl (C=O) groups excluding carboxylic acids is 2. The fourth-order valence-electron chi connectivity index (χ4n) is 2.98. The van der Waals surface area contributed by atoms with Gasteiger partial charge in [0.2, 0.25) is 0 Å². The summed E-state index contributed by atoms with van der Waals surface area (Å²) in [5.74, 6) is -1.66. The molecule has 0 radical (unpaired) electrons. The largest absolute Gasteiger partial charge is 0.507 e. The second-order valence-corrected chi connectivity index (χ2v) is 6.50. The molecule has 1 atom stereocenters. The molecule has 0 aliphatic carbocycles. The highest BCUT2D eigenvalue weighted by molar-refractivity contribution is 7.14. The van der Waals surface area contributed by atoms with Gasteiger partial charge < -0.3 is 5.11 Å². The van der Waals surface area contributed by atoms with Gasteiger partial charge in [-0.15, -0.1) is 11.3 Å². The number of carbonyl (C=O) groups is 2. The monoisotopic (exact) mass is 363 g/mol. The number of rotatable bonds is 3. The van der Waals surface area contributed by atoms with E-state index in [1.54, 1.807) is 23.7 Å². The van der Waals surface area contributed by atoms with E-state index < -0.39 is 17.7 Å². The highest BCUT2D eigenvalue weighted by Gasteiger charge is 2.47. The third-order valence-corrected chi connectivity index (χ3v) is 4.91. The maximum Gasteiger partial charge on any atom is 0.301 e. The van der Waals surface area contributed by atoms with Crippen molar-refractivity contribution in [3.05, 3.63) is 83.1 Å². The van der Waals surface area contributed by atoms with E-state index in [0.29, 0.717) is 10.7 Å². The van der Waals surface area contributed by atoms with Crippen LogP contribution in [0.2, 0.25) is 0 Å². The number of Topliss-reactive ketones (excluding diaryl/α,β-unsaturated/α-hetero) is 1. The van der Waals surface area contributed by atoms with Crippen LogP contribution >= 0.6 is 11.3 Å². The Kier molecular flexibility index (Phi) is 4.06. The lowest BCUT2D eigenvalue weighted by atomic mass is 9.96. The van der Waals surface area contributed by atoms with E-state index >= 15 is 0 Å². The Labute approximate surface area is 153 Å². The first-order valence-electron chi connectivity index (χ1n) is 7.84. The summed E-state index contributed by atoms with van der Waals surface area (Å²) in [4.78, 5) is 34.9. The van der Waals surface area contributed by atoms with Crippen molar-refractivity contribution in [2.45, 2.75) is 6.04 Å². The van der Waals surface area contributed by atoms with Gasteiger partial charge in [0.15, 0.2) is 5.13 Å². The van der Waals surface area contributed by atoms with Crippen molar-refractivity contribution in [3.8, 4) is 0 Å². The molecule has 1 N–H and O–H groups in total. The molecule has 0 bridgehead atoms. The molecular weight excluding hydrogens is 350 g/mol. The number of hydrogen-bond donors (Lipinski definition) is 1. The summed E-state index contributed by atoms with van der Waals surface area (Å²) in [6.07, 6.45) is 4.61. The number of amides is 1. The van der Waals surface area contributed by atoms with Gasteiger partial charge in [-0.2, -0.15) is 0 Å². The first-order valence-corrected chi connectivity index (χ1v) is 8.72. The SMILES string of the molecule is O=C1C(=O)N(c2nccs2)C(c2ccccc2)C1=C(O)c1ccncc1. The fourth-order valence-corrected chi connectivity index (χ4v) is 3.65. The van der Waals surface area contributed by atoms with Gasteiger partial charge in [-0.1, -0.05) is 30.3 Å². The second-order valence-electron chi connectivity index (χ2n) is 5.63. The van der Waals surface area contributed by atoms with E-state index in [2.05, 4.69) is 9.97 Å². The lowest BCUT2D eigenvalue weighted by Gasteiger charge is -2.22. The van der Waals surface area contributed by atoms with Crippen LogP contribution in [0.4, 0.5) is 5.13 Å². The van der Waals surface area contributed by atoms with Crippen molar-refractivity contribution in [1.29, 1.82) is 0 Å². The van der Waals surface area contributed by atoms with Gasteiger partial charge in [0, 0.05) is 29.5 Å². The first kappa shape index (κ1) is 16.2. The Bertz CT molecular complexity index is 985. The van der Waals surface area contributed by atoms with E-state index in [1.165, 1.54) is 28.6 Å². The topological polar surface area (TPSA) is 83.4 Å². The molecule has 1 unspecified atom stereocenters. The van der Waals surface area contributed by atoms with Gasteiger partial charge in [-0.25, -0.2) is 4.98 Å². The quantitative estimate of drug-likeness (QED) is 0.439. The number of benzene rings is 1. The van der Waals surface area contributed by atoms with Crippen LogP contribution < -0.4 is 4.90 Å². The normalized spacial score (nSPS) is 19.1. The van der Waals surface area contributed by atoms with Crippen molar-refractivity contribution in [2.75, 3.05) is 4.90 Å². The van der Waals surface area contributed by atoms with Gasteiger partial charge in [-0.05, 0) is 17.7 Å². The number of anilines is 1. The minimum atomic E-state index is -0.740. The average Bonchev–Trinajstić information content (AvgIpc) is 3.30. The zero-order valence-corrected chi connectivity index (χ0v) is 14.3. The summed E-state index contributed by atoms with van der Waals surface area (Å²) in [6.45, 7) is 0. The highest BCUT2D eigenvalue weighted by Crippen LogP contribution is 2.42. The van der Waals surface area contributed by atoms with Crippen molar-refractivity contribution in [2.24, 2.45) is 0 Å². The molecule has 1 saturated heterocycles. The van der Waals surface area contributed by atoms with Crippen LogP contribution in [0.5, 0.6) is 0 Å². The molecule has 1 aliphatic rings. The maximum atomic E-state index is 12.8. The Morgan fingerprint density at radius 3 is 2.42 bits per heavy atom. The molecule has 26 heavy (non-hydrogen) atoms. The van der Waals surface area contributed by atoms with Crippen LogP contribution in [0.3, 0.4) is 0 Å². The molecule has 2 aromatic heterocycles. The predicted molar refractivity (Wildman–Crippen MR) is 97.6 cm³/mol. The summed E-state index contributed by atoms with van der Waals surface area (Å²) in [7, 11) is 0. The third-order valence-electron chi connectivity index (χ3n) is 4.14. The fraction of sp³-hybridized carbons (Fsp3) is 0.0526. The number of nitrogens with zero attached hydrogens (tertiary/aromatic N) is 3. The lowest BCUT2D eigenvalue weighted by molar-refractivity contribution is -0.132. The molecule has 0 spiro atoms. The highest BCUT2D eigenvalue weighted by atomic mass is 32.1. The molecule has 0 saturated carbocycles. The van der Waals surface area contributed by atoms with Crippen LogP contribution in [0.1, 0.15) is 17.2 Å². The number of ketones is 1. The Morgan fingerprint density at radius 1 is 1.04 bits per heavy atom. The minimum Gasteiger partial charge on any atom is -0.507 e. The summed E-state index contributed by atoms with van der Waals surface area (Å²) in [6, 6.07) is 11.6. The van der Waals surface area contributed by atoms with Gasteiger partial charge >= 0.3 is 5.91 Å². The van der Waals surface area contributed by atoms with E-state index in [-0.39, 0.29) is 11.3 Å². The molecule has 1 aliphatic heterocycles. The van der Waals surface area contributed by atoms with Crippen LogP contribution in [-0.4, -0.2) is 26.8 Å². The Hall–Kier alpha value is -3.32. The molecule has 1 fully saturated rings. The number of hydrogen-bond acceptors (Lipinski definition) is 6. The van der Waals surface area contributed by atoms with Gasteiger partial charge in [0.1, 0.15) is 5.76 Å².